The summed E-state index contributed by atoms with van der Waals surface area (Å²) in [4.78, 5) is 23.2. The zero-order chi connectivity index (χ0) is 17.8. The molecule has 3 N–H and O–H groups in total. The molecule has 7 nitrogen and oxygen atoms in total. The first-order chi connectivity index (χ1) is 10.5. The predicted octanol–water partition coefficient (Wildman–Crippen LogP) is 1.43. The van der Waals surface area contributed by atoms with Crippen molar-refractivity contribution >= 4 is 27.6 Å². The molecule has 1 atom stereocenters. The smallest absolute Gasteiger partial charge is 0.326 e. The largest absolute Gasteiger partial charge is 0.480 e. The Morgan fingerprint density at radius 3 is 2.39 bits per heavy atom. The number of carbonyl (C=O) groups is 2. The third kappa shape index (κ3) is 6.23. The van der Waals surface area contributed by atoms with Gasteiger partial charge in [-0.05, 0) is 30.5 Å². The Hall–Kier alpha value is -2.16. The van der Waals surface area contributed by atoms with E-state index in [2.05, 4.69) is 5.32 Å². The molecule has 0 bridgehead atoms. The lowest BCUT2D eigenvalue weighted by molar-refractivity contribution is -0.139. The van der Waals surface area contributed by atoms with Crippen LogP contribution in [-0.4, -0.2) is 37.7 Å². The van der Waals surface area contributed by atoms with Crippen LogP contribution in [0.2, 0.25) is 0 Å². The lowest BCUT2D eigenvalue weighted by Crippen LogP contribution is -2.41. The number of aliphatic carboxylic acids is 1. The molecule has 0 spiro atoms. The van der Waals surface area contributed by atoms with E-state index in [1.54, 1.807) is 0 Å². The molecule has 0 radical (unpaired) electrons. The SMILES string of the molecule is CC(C)CC(NC(=O)c1ccc(F)c(NS(C)(=O)=O)c1)C(=O)O. The number of halogens is 1. The zero-order valence-corrected chi connectivity index (χ0v) is 13.8. The van der Waals surface area contributed by atoms with Gasteiger partial charge in [0, 0.05) is 5.56 Å². The summed E-state index contributed by atoms with van der Waals surface area (Å²) in [7, 11) is -3.71. The summed E-state index contributed by atoms with van der Waals surface area (Å²) >= 11 is 0. The van der Waals surface area contributed by atoms with E-state index < -0.39 is 33.8 Å². The van der Waals surface area contributed by atoms with E-state index in [0.717, 1.165) is 24.5 Å². The number of sulfonamides is 1. The molecule has 0 aliphatic rings. The summed E-state index contributed by atoms with van der Waals surface area (Å²) in [6.45, 7) is 3.63. The van der Waals surface area contributed by atoms with E-state index in [-0.39, 0.29) is 23.6 Å². The standard InChI is InChI=1S/C14H19FN2O5S/c1-8(2)6-12(14(19)20)16-13(18)9-4-5-10(15)11(7-9)17-23(3,21)22/h4-5,7-8,12,17H,6H2,1-3H3,(H,16,18)(H,19,20). The van der Waals surface area contributed by atoms with Crippen LogP contribution in [0, 0.1) is 11.7 Å². The van der Waals surface area contributed by atoms with Crippen molar-refractivity contribution in [1.82, 2.24) is 5.32 Å². The minimum Gasteiger partial charge on any atom is -0.480 e. The molecule has 128 valence electrons. The normalized spacial score (nSPS) is 12.7. The van der Waals surface area contributed by atoms with E-state index >= 15 is 0 Å². The quantitative estimate of drug-likeness (QED) is 0.691. The van der Waals surface area contributed by atoms with Gasteiger partial charge in [0.2, 0.25) is 10.0 Å². The number of carboxylic acids is 1. The monoisotopic (exact) mass is 346 g/mol. The Kier molecular flexibility index (Phi) is 6.08. The maximum Gasteiger partial charge on any atom is 0.326 e. The van der Waals surface area contributed by atoms with Crippen LogP contribution in [0.1, 0.15) is 30.6 Å². The molecule has 1 amide bonds. The van der Waals surface area contributed by atoms with Crippen molar-refractivity contribution in [2.75, 3.05) is 11.0 Å². The highest BCUT2D eigenvalue weighted by atomic mass is 32.2. The van der Waals surface area contributed by atoms with Crippen LogP contribution in [0.15, 0.2) is 18.2 Å². The number of hydrogen-bond acceptors (Lipinski definition) is 4. The Balaban J connectivity index is 2.99. The molecule has 0 aromatic heterocycles. The number of amides is 1. The number of benzene rings is 1. The molecule has 23 heavy (non-hydrogen) atoms. The van der Waals surface area contributed by atoms with E-state index in [1.165, 1.54) is 0 Å². The third-order valence-corrected chi connectivity index (χ3v) is 3.43. The van der Waals surface area contributed by atoms with Crippen molar-refractivity contribution in [2.45, 2.75) is 26.3 Å². The number of rotatable bonds is 7. The second-order valence-electron chi connectivity index (χ2n) is 5.56. The topological polar surface area (TPSA) is 113 Å². The van der Waals surface area contributed by atoms with Gasteiger partial charge in [0.05, 0.1) is 11.9 Å². The van der Waals surface area contributed by atoms with E-state index in [0.29, 0.717) is 0 Å². The van der Waals surface area contributed by atoms with Gasteiger partial charge in [-0.1, -0.05) is 13.8 Å². The summed E-state index contributed by atoms with van der Waals surface area (Å²) in [5.74, 6) is -2.70. The average molecular weight is 346 g/mol. The zero-order valence-electron chi connectivity index (χ0n) is 13.0. The Morgan fingerprint density at radius 2 is 1.91 bits per heavy atom. The van der Waals surface area contributed by atoms with Gasteiger partial charge in [-0.15, -0.1) is 0 Å². The summed E-state index contributed by atoms with van der Waals surface area (Å²) < 4.78 is 37.9. The molecule has 0 heterocycles. The average Bonchev–Trinajstić information content (AvgIpc) is 2.38. The van der Waals surface area contributed by atoms with Crippen LogP contribution in [0.5, 0.6) is 0 Å². The third-order valence-electron chi connectivity index (χ3n) is 2.83. The van der Waals surface area contributed by atoms with Gasteiger partial charge < -0.3 is 10.4 Å². The maximum atomic E-state index is 13.6. The van der Waals surface area contributed by atoms with Crippen LogP contribution in [0.3, 0.4) is 0 Å². The fourth-order valence-electron chi connectivity index (χ4n) is 1.88. The Labute approximate surface area is 133 Å². The van der Waals surface area contributed by atoms with E-state index in [1.807, 2.05) is 18.6 Å². The molecular formula is C14H19FN2O5S. The Bertz CT molecular complexity index is 703. The lowest BCUT2D eigenvalue weighted by atomic mass is 10.0. The number of carboxylic acid groups (broad SMARTS) is 1. The molecule has 1 rings (SSSR count). The predicted molar refractivity (Wildman–Crippen MR) is 83.2 cm³/mol. The fraction of sp³-hybridized carbons (Fsp3) is 0.429. The first kappa shape index (κ1) is 18.9. The minimum atomic E-state index is -3.71. The second kappa shape index (κ2) is 7.40. The van der Waals surface area contributed by atoms with Crippen molar-refractivity contribution < 1.29 is 27.5 Å². The fourth-order valence-corrected chi connectivity index (χ4v) is 2.43. The van der Waals surface area contributed by atoms with Gasteiger partial charge in [-0.3, -0.25) is 9.52 Å². The van der Waals surface area contributed by atoms with Crippen LogP contribution in [0.25, 0.3) is 0 Å². The van der Waals surface area contributed by atoms with Crippen LogP contribution < -0.4 is 10.0 Å². The van der Waals surface area contributed by atoms with Crippen LogP contribution in [-0.2, 0) is 14.8 Å². The van der Waals surface area contributed by atoms with Crippen molar-refractivity contribution in [2.24, 2.45) is 5.92 Å². The van der Waals surface area contributed by atoms with Gasteiger partial charge in [0.15, 0.2) is 0 Å². The highest BCUT2D eigenvalue weighted by Crippen LogP contribution is 2.17. The van der Waals surface area contributed by atoms with E-state index in [9.17, 15) is 22.4 Å². The second-order valence-corrected chi connectivity index (χ2v) is 7.31. The summed E-state index contributed by atoms with van der Waals surface area (Å²) in [5.41, 5.74) is -0.427. The maximum absolute atomic E-state index is 13.6. The number of carbonyl (C=O) groups excluding carboxylic acids is 1. The Morgan fingerprint density at radius 1 is 1.30 bits per heavy atom. The van der Waals surface area contributed by atoms with Gasteiger partial charge in [-0.25, -0.2) is 17.6 Å². The molecule has 1 aromatic rings. The molecule has 0 aliphatic heterocycles. The van der Waals surface area contributed by atoms with Crippen LogP contribution >= 0.6 is 0 Å². The first-order valence-electron chi connectivity index (χ1n) is 6.80. The molecule has 1 aromatic carbocycles. The van der Waals surface area contributed by atoms with E-state index in [4.69, 9.17) is 5.11 Å². The summed E-state index contributed by atoms with van der Waals surface area (Å²) in [6.07, 6.45) is 1.08. The van der Waals surface area contributed by atoms with Crippen molar-refractivity contribution in [3.63, 3.8) is 0 Å². The van der Waals surface area contributed by atoms with Crippen molar-refractivity contribution in [1.29, 1.82) is 0 Å². The van der Waals surface area contributed by atoms with Crippen molar-refractivity contribution in [3.8, 4) is 0 Å². The van der Waals surface area contributed by atoms with Gasteiger partial charge >= 0.3 is 5.97 Å². The minimum absolute atomic E-state index is 0.0482. The van der Waals surface area contributed by atoms with Crippen molar-refractivity contribution in [3.05, 3.63) is 29.6 Å². The lowest BCUT2D eigenvalue weighted by Gasteiger charge is -2.17. The molecular weight excluding hydrogens is 327 g/mol. The summed E-state index contributed by atoms with van der Waals surface area (Å²) in [6, 6.07) is 2.01. The summed E-state index contributed by atoms with van der Waals surface area (Å²) in [5, 5.41) is 11.4. The highest BCUT2D eigenvalue weighted by molar-refractivity contribution is 7.92. The number of hydrogen-bond donors (Lipinski definition) is 3. The molecule has 9 heteroatoms. The van der Waals surface area contributed by atoms with Gasteiger partial charge in [0.25, 0.3) is 5.91 Å². The molecule has 0 saturated carbocycles. The first-order valence-corrected chi connectivity index (χ1v) is 8.69. The number of anilines is 1. The molecule has 0 fully saturated rings. The molecule has 1 unspecified atom stereocenters. The number of nitrogens with one attached hydrogen (secondary N) is 2. The molecule has 0 saturated heterocycles. The molecule has 0 aliphatic carbocycles. The highest BCUT2D eigenvalue weighted by Gasteiger charge is 2.22. The van der Waals surface area contributed by atoms with Gasteiger partial charge in [-0.2, -0.15) is 0 Å². The van der Waals surface area contributed by atoms with Crippen LogP contribution in [0.4, 0.5) is 10.1 Å². The van der Waals surface area contributed by atoms with Gasteiger partial charge in [0.1, 0.15) is 11.9 Å².